The van der Waals surface area contributed by atoms with Crippen LogP contribution in [0.3, 0.4) is 0 Å². The zero-order valence-electron chi connectivity index (χ0n) is 37.6. The summed E-state index contributed by atoms with van der Waals surface area (Å²) in [6, 6.07) is 19.6. The highest BCUT2D eigenvalue weighted by Gasteiger charge is 2.34. The molecule has 2 aromatic heterocycles. The molecule has 5 aromatic carbocycles. The van der Waals surface area contributed by atoms with Crippen molar-refractivity contribution in [3.63, 3.8) is 0 Å². The van der Waals surface area contributed by atoms with Gasteiger partial charge in [-0.05, 0) is 77.9 Å². The fraction of sp³-hybridized carbons (Fsp3) is 0.269. The number of nitrogens with zero attached hydrogens (tertiary/aromatic N) is 2. The quantitative estimate of drug-likeness (QED) is 0.0960. The summed E-state index contributed by atoms with van der Waals surface area (Å²) in [5.41, 5.74) is 1.20. The van der Waals surface area contributed by atoms with Gasteiger partial charge in [0.05, 0.1) is 46.6 Å². The van der Waals surface area contributed by atoms with Gasteiger partial charge in [0.2, 0.25) is 11.5 Å². The van der Waals surface area contributed by atoms with Gasteiger partial charge in [0.25, 0.3) is 0 Å². The third-order valence-electron chi connectivity index (χ3n) is 11.6. The summed E-state index contributed by atoms with van der Waals surface area (Å²) in [5, 5.41) is 1.29. The van der Waals surface area contributed by atoms with E-state index in [-0.39, 0.29) is 35.5 Å². The SMILES string of the molecule is COc1cc2nccc(Oc3ccc(CC(=O)CC4CC4)c(Cl)c3)c2c2c1OCCO2.COc1cc2nccc(Oc3ccc(CC(=O)Cc4ccc(Cl)c(C(F)(F)F)c4)c(F)c3)c2c2c1OCCO2. The molecule has 3 aliphatic rings. The van der Waals surface area contributed by atoms with Crippen LogP contribution in [0.5, 0.6) is 57.5 Å². The molecule has 2 aliphatic heterocycles. The van der Waals surface area contributed by atoms with Crippen LogP contribution in [0.2, 0.25) is 10.0 Å². The van der Waals surface area contributed by atoms with Gasteiger partial charge in [-0.25, -0.2) is 4.39 Å². The van der Waals surface area contributed by atoms with E-state index in [0.29, 0.717) is 124 Å². The lowest BCUT2D eigenvalue weighted by Gasteiger charge is -2.23. The van der Waals surface area contributed by atoms with Gasteiger partial charge in [-0.15, -0.1) is 0 Å². The Labute approximate surface area is 408 Å². The van der Waals surface area contributed by atoms with Crippen molar-refractivity contribution in [3.05, 3.63) is 129 Å². The van der Waals surface area contributed by atoms with E-state index in [9.17, 15) is 27.2 Å². The number of benzene rings is 5. The molecule has 362 valence electrons. The number of rotatable bonds is 14. The Hall–Kier alpha value is -7.04. The number of ether oxygens (including phenoxy) is 8. The average Bonchev–Trinajstić information content (AvgIpc) is 4.17. The second-order valence-electron chi connectivity index (χ2n) is 16.6. The number of carbonyl (C=O) groups is 2. The van der Waals surface area contributed by atoms with Crippen molar-refractivity contribution < 1.29 is 65.0 Å². The molecule has 0 radical (unpaired) electrons. The number of methoxy groups -OCH3 is 2. The first-order valence-corrected chi connectivity index (χ1v) is 22.8. The van der Waals surface area contributed by atoms with Crippen molar-refractivity contribution in [2.45, 2.75) is 44.7 Å². The van der Waals surface area contributed by atoms with Crippen molar-refractivity contribution in [2.24, 2.45) is 5.92 Å². The van der Waals surface area contributed by atoms with Crippen LogP contribution in [0.1, 0.15) is 41.5 Å². The normalized spacial score (nSPS) is 13.8. The molecule has 1 aliphatic carbocycles. The Morgan fingerprint density at radius 2 is 1.14 bits per heavy atom. The van der Waals surface area contributed by atoms with E-state index >= 15 is 0 Å². The Morgan fingerprint density at radius 1 is 0.614 bits per heavy atom. The van der Waals surface area contributed by atoms with E-state index in [4.69, 9.17) is 61.1 Å². The van der Waals surface area contributed by atoms with Gasteiger partial charge in [0.1, 0.15) is 66.8 Å². The summed E-state index contributed by atoms with van der Waals surface area (Å²) in [5.74, 6) is 4.21. The minimum Gasteiger partial charge on any atom is -0.493 e. The van der Waals surface area contributed by atoms with Crippen LogP contribution in [0.15, 0.2) is 91.3 Å². The second kappa shape index (κ2) is 20.5. The molecule has 1 saturated carbocycles. The average molecular weight is 1000 g/mol. The van der Waals surface area contributed by atoms with Crippen LogP contribution >= 0.6 is 23.2 Å². The van der Waals surface area contributed by atoms with Gasteiger partial charge in [-0.1, -0.05) is 41.4 Å². The lowest BCUT2D eigenvalue weighted by atomic mass is 10.0. The zero-order valence-corrected chi connectivity index (χ0v) is 39.1. The number of aromatic nitrogens is 2. The number of Topliss-reactive ketones (excluding diaryl/α,β-unsaturated/α-hetero) is 2. The van der Waals surface area contributed by atoms with E-state index in [1.807, 2.05) is 12.1 Å². The minimum absolute atomic E-state index is 0.0794. The predicted molar refractivity (Wildman–Crippen MR) is 251 cm³/mol. The van der Waals surface area contributed by atoms with Crippen molar-refractivity contribution in [1.29, 1.82) is 0 Å². The first kappa shape index (κ1) is 48.0. The van der Waals surface area contributed by atoms with Crippen LogP contribution < -0.4 is 37.9 Å². The fourth-order valence-electron chi connectivity index (χ4n) is 8.08. The summed E-state index contributed by atoms with van der Waals surface area (Å²) >= 11 is 12.1. The smallest absolute Gasteiger partial charge is 0.417 e. The first-order chi connectivity index (χ1) is 33.8. The van der Waals surface area contributed by atoms with Crippen LogP contribution in [0.25, 0.3) is 21.8 Å². The van der Waals surface area contributed by atoms with Gasteiger partial charge >= 0.3 is 6.18 Å². The molecule has 12 nitrogen and oxygen atoms in total. The van der Waals surface area contributed by atoms with E-state index in [1.54, 1.807) is 43.6 Å². The number of pyridine rings is 2. The van der Waals surface area contributed by atoms with Crippen LogP contribution in [0, 0.1) is 11.7 Å². The Bertz CT molecular complexity index is 3150. The third kappa shape index (κ3) is 10.7. The van der Waals surface area contributed by atoms with E-state index in [0.717, 1.165) is 36.6 Å². The van der Waals surface area contributed by atoms with Gasteiger partial charge < -0.3 is 37.9 Å². The monoisotopic (exact) mass is 1000 g/mol. The number of halogens is 6. The zero-order chi connectivity index (χ0) is 49.1. The van der Waals surface area contributed by atoms with Crippen molar-refractivity contribution in [1.82, 2.24) is 9.97 Å². The largest absolute Gasteiger partial charge is 0.493 e. The van der Waals surface area contributed by atoms with Crippen LogP contribution in [-0.4, -0.2) is 62.2 Å². The minimum atomic E-state index is -4.65. The first-order valence-electron chi connectivity index (χ1n) is 22.1. The molecule has 0 atom stereocenters. The number of alkyl halides is 3. The maximum atomic E-state index is 14.9. The third-order valence-corrected chi connectivity index (χ3v) is 12.2. The summed E-state index contributed by atoms with van der Waals surface area (Å²) < 4.78 is 100. The molecule has 0 amide bonds. The standard InChI is InChI=1S/C28H20ClF4NO5.C24H22ClNO5/c1-36-24-14-22-25(27-26(24)37-8-9-38-27)23(6-7-34-22)39-18-4-3-16(21(30)13-18)12-17(35)10-15-2-5-20(29)19(11-15)28(31,32)33;1-28-21-13-19-22(24-23(21)29-8-9-30-24)20(6-7-26-19)31-17-5-4-15(18(25)12-17)11-16(27)10-14-2-3-14/h2-7,11,13-14H,8-10,12H2,1H3;4-7,12-14H,2-3,8-11H2,1H3. The van der Waals surface area contributed by atoms with Crippen LogP contribution in [0.4, 0.5) is 17.6 Å². The molecule has 0 saturated heterocycles. The highest BCUT2D eigenvalue weighted by Crippen LogP contribution is 2.50. The molecule has 10 rings (SSSR count). The lowest BCUT2D eigenvalue weighted by Crippen LogP contribution is -2.16. The number of hydrogen-bond donors (Lipinski definition) is 0. The van der Waals surface area contributed by atoms with Crippen LogP contribution in [-0.2, 0) is 35.0 Å². The van der Waals surface area contributed by atoms with Gasteiger partial charge in [0, 0.05) is 61.3 Å². The molecule has 18 heteroatoms. The number of hydrogen-bond acceptors (Lipinski definition) is 12. The molecule has 0 bridgehead atoms. The molecular weight excluding hydrogens is 959 g/mol. The summed E-state index contributed by atoms with van der Waals surface area (Å²) in [6.07, 6.45) is 1.25. The molecular formula is C52H42Cl2F4N2O10. The fourth-order valence-corrected chi connectivity index (χ4v) is 8.54. The predicted octanol–water partition coefficient (Wildman–Crippen LogP) is 12.3. The molecule has 70 heavy (non-hydrogen) atoms. The topological polar surface area (TPSA) is 134 Å². The summed E-state index contributed by atoms with van der Waals surface area (Å²) in [7, 11) is 3.09. The van der Waals surface area contributed by atoms with E-state index < -0.39 is 28.4 Å². The highest BCUT2D eigenvalue weighted by atomic mass is 35.5. The van der Waals surface area contributed by atoms with E-state index in [1.165, 1.54) is 31.5 Å². The van der Waals surface area contributed by atoms with Crippen molar-refractivity contribution in [2.75, 3.05) is 40.6 Å². The Balaban J connectivity index is 0.000000178. The molecule has 0 unspecified atom stereocenters. The molecule has 0 N–H and O–H groups in total. The van der Waals surface area contributed by atoms with Gasteiger partial charge in [-0.2, -0.15) is 13.2 Å². The second-order valence-corrected chi connectivity index (χ2v) is 17.4. The molecule has 4 heterocycles. The number of carbonyl (C=O) groups excluding carboxylic acids is 2. The molecule has 7 aromatic rings. The summed E-state index contributed by atoms with van der Waals surface area (Å²) in [4.78, 5) is 33.5. The highest BCUT2D eigenvalue weighted by molar-refractivity contribution is 6.32. The molecule has 1 fully saturated rings. The molecule has 0 spiro atoms. The van der Waals surface area contributed by atoms with Gasteiger partial charge in [-0.3, -0.25) is 19.6 Å². The maximum absolute atomic E-state index is 14.9. The Kier molecular flexibility index (Phi) is 14.1. The lowest BCUT2D eigenvalue weighted by molar-refractivity contribution is -0.137. The summed E-state index contributed by atoms with van der Waals surface area (Å²) in [6.45, 7) is 1.54. The van der Waals surface area contributed by atoms with Crippen molar-refractivity contribution >= 4 is 56.6 Å². The number of fused-ring (bicyclic) bond motifs is 6. The Morgan fingerprint density at radius 3 is 1.66 bits per heavy atom. The number of ketones is 2. The van der Waals surface area contributed by atoms with Crippen molar-refractivity contribution in [3.8, 4) is 57.5 Å². The maximum Gasteiger partial charge on any atom is 0.417 e. The van der Waals surface area contributed by atoms with Gasteiger partial charge in [0.15, 0.2) is 23.0 Å². The van der Waals surface area contributed by atoms with E-state index in [2.05, 4.69) is 9.97 Å².